The molecule has 0 amide bonds. The van der Waals surface area contributed by atoms with Gasteiger partial charge >= 0.3 is 0 Å². The molecule has 0 saturated carbocycles. The third-order valence-electron chi connectivity index (χ3n) is 2.55. The van der Waals surface area contributed by atoms with Gasteiger partial charge in [-0.05, 0) is 33.6 Å². The number of rotatable bonds is 4. The quantitative estimate of drug-likeness (QED) is 0.722. The first kappa shape index (κ1) is 14.7. The van der Waals surface area contributed by atoms with Crippen LogP contribution >= 0.6 is 15.9 Å². The Bertz CT molecular complexity index is 623. The lowest BCUT2D eigenvalue weighted by Gasteiger charge is -2.10. The molecule has 2 rings (SSSR count). The van der Waals surface area contributed by atoms with Crippen LogP contribution in [-0.2, 0) is 6.61 Å². The van der Waals surface area contributed by atoms with Gasteiger partial charge in [0.05, 0.1) is 4.47 Å². The minimum absolute atomic E-state index is 0.00151. The molecule has 0 aliphatic carbocycles. The van der Waals surface area contributed by atoms with Crippen LogP contribution in [0.15, 0.2) is 53.0 Å². The van der Waals surface area contributed by atoms with Crippen molar-refractivity contribution in [3.05, 3.63) is 70.0 Å². The van der Waals surface area contributed by atoms with Crippen LogP contribution in [0.3, 0.4) is 0 Å². The van der Waals surface area contributed by atoms with Gasteiger partial charge in [-0.3, -0.25) is 0 Å². The molecule has 104 valence electrons. The maximum Gasteiger partial charge on any atom is 0.271 e. The van der Waals surface area contributed by atoms with Gasteiger partial charge in [0.1, 0.15) is 18.2 Å². The number of hydrogen-bond donors (Lipinski definition) is 0. The van der Waals surface area contributed by atoms with E-state index in [-0.39, 0.29) is 22.4 Å². The third-order valence-corrected chi connectivity index (χ3v) is 3.16. The average molecular weight is 343 g/mol. The van der Waals surface area contributed by atoms with E-state index in [0.29, 0.717) is 6.08 Å². The SMILES string of the molecule is FC(F)=Cc1cc(F)c(Br)cc1OCc1ccccc1. The molecule has 0 fully saturated rings. The largest absolute Gasteiger partial charge is 0.488 e. The molecule has 0 radical (unpaired) electrons. The molecule has 0 N–H and O–H groups in total. The Kier molecular flexibility index (Phi) is 4.84. The van der Waals surface area contributed by atoms with E-state index in [4.69, 9.17) is 4.74 Å². The molecule has 0 aliphatic heterocycles. The molecule has 0 aromatic heterocycles. The first-order valence-corrected chi connectivity index (χ1v) is 6.54. The highest BCUT2D eigenvalue weighted by Crippen LogP contribution is 2.29. The highest BCUT2D eigenvalue weighted by atomic mass is 79.9. The maximum absolute atomic E-state index is 13.4. The van der Waals surface area contributed by atoms with Gasteiger partial charge in [-0.1, -0.05) is 30.3 Å². The van der Waals surface area contributed by atoms with Gasteiger partial charge in [0.2, 0.25) is 0 Å². The first-order valence-electron chi connectivity index (χ1n) is 5.75. The van der Waals surface area contributed by atoms with Crippen LogP contribution in [0.4, 0.5) is 13.2 Å². The predicted octanol–water partition coefficient (Wildman–Crippen LogP) is 5.40. The van der Waals surface area contributed by atoms with E-state index in [0.717, 1.165) is 11.6 Å². The summed E-state index contributed by atoms with van der Waals surface area (Å²) >= 11 is 3.01. The Hall–Kier alpha value is -1.75. The van der Waals surface area contributed by atoms with E-state index in [2.05, 4.69) is 15.9 Å². The van der Waals surface area contributed by atoms with Crippen molar-refractivity contribution in [1.29, 1.82) is 0 Å². The maximum atomic E-state index is 13.4. The normalized spacial score (nSPS) is 10.2. The summed E-state index contributed by atoms with van der Waals surface area (Å²) in [5, 5.41) is 0. The summed E-state index contributed by atoms with van der Waals surface area (Å²) in [5.74, 6) is -0.431. The van der Waals surface area contributed by atoms with Gasteiger partial charge in [0.25, 0.3) is 6.08 Å². The molecular formula is C15H10BrF3O. The van der Waals surface area contributed by atoms with Crippen LogP contribution in [-0.4, -0.2) is 0 Å². The van der Waals surface area contributed by atoms with Gasteiger partial charge in [0.15, 0.2) is 0 Å². The van der Waals surface area contributed by atoms with E-state index < -0.39 is 11.9 Å². The van der Waals surface area contributed by atoms with E-state index in [1.54, 1.807) is 0 Å². The summed E-state index contributed by atoms with van der Waals surface area (Å²) in [4.78, 5) is 0. The monoisotopic (exact) mass is 342 g/mol. The number of halogens is 4. The van der Waals surface area contributed by atoms with Crippen molar-refractivity contribution < 1.29 is 17.9 Å². The van der Waals surface area contributed by atoms with Gasteiger partial charge < -0.3 is 4.74 Å². The molecule has 0 bridgehead atoms. The Morgan fingerprint density at radius 1 is 1.15 bits per heavy atom. The lowest BCUT2D eigenvalue weighted by atomic mass is 10.2. The highest BCUT2D eigenvalue weighted by molar-refractivity contribution is 9.10. The molecule has 2 aromatic carbocycles. The minimum Gasteiger partial charge on any atom is -0.488 e. The van der Waals surface area contributed by atoms with Crippen LogP contribution in [0.5, 0.6) is 5.75 Å². The molecular weight excluding hydrogens is 333 g/mol. The van der Waals surface area contributed by atoms with Gasteiger partial charge in [-0.25, -0.2) is 4.39 Å². The zero-order valence-electron chi connectivity index (χ0n) is 10.2. The second-order valence-corrected chi connectivity index (χ2v) is 4.87. The van der Waals surface area contributed by atoms with E-state index in [1.165, 1.54) is 6.07 Å². The number of ether oxygens (including phenoxy) is 1. The fourth-order valence-corrected chi connectivity index (χ4v) is 1.96. The second-order valence-electron chi connectivity index (χ2n) is 4.01. The fraction of sp³-hybridized carbons (Fsp3) is 0.0667. The summed E-state index contributed by atoms with van der Waals surface area (Å²) in [6.07, 6.45) is -1.33. The van der Waals surface area contributed by atoms with Gasteiger partial charge in [-0.15, -0.1) is 0 Å². The molecule has 20 heavy (non-hydrogen) atoms. The summed E-state index contributed by atoms with van der Waals surface area (Å²) in [7, 11) is 0. The highest BCUT2D eigenvalue weighted by Gasteiger charge is 2.09. The Balaban J connectivity index is 2.26. The zero-order chi connectivity index (χ0) is 14.5. The van der Waals surface area contributed by atoms with E-state index in [1.807, 2.05) is 30.3 Å². The molecule has 1 nitrogen and oxygen atoms in total. The van der Waals surface area contributed by atoms with Crippen LogP contribution < -0.4 is 4.74 Å². The Morgan fingerprint density at radius 3 is 2.50 bits per heavy atom. The Morgan fingerprint density at radius 2 is 1.85 bits per heavy atom. The van der Waals surface area contributed by atoms with Crippen molar-refractivity contribution in [3.63, 3.8) is 0 Å². The molecule has 5 heteroatoms. The fourth-order valence-electron chi connectivity index (χ4n) is 1.63. The lowest BCUT2D eigenvalue weighted by molar-refractivity contribution is 0.304. The second kappa shape index (κ2) is 6.61. The molecule has 0 aliphatic rings. The van der Waals surface area contributed by atoms with Crippen LogP contribution in [0.1, 0.15) is 11.1 Å². The van der Waals surface area contributed by atoms with Crippen molar-refractivity contribution in [2.75, 3.05) is 0 Å². The smallest absolute Gasteiger partial charge is 0.271 e. The van der Waals surface area contributed by atoms with Crippen molar-refractivity contribution in [3.8, 4) is 5.75 Å². The first-order chi connectivity index (χ1) is 9.56. The number of hydrogen-bond acceptors (Lipinski definition) is 1. The zero-order valence-corrected chi connectivity index (χ0v) is 11.8. The molecule has 0 spiro atoms. The molecule has 2 aromatic rings. The van der Waals surface area contributed by atoms with Crippen LogP contribution in [0, 0.1) is 5.82 Å². The summed E-state index contributed by atoms with van der Waals surface area (Å²) in [6.45, 7) is 0.216. The number of benzene rings is 2. The van der Waals surface area contributed by atoms with Crippen LogP contribution in [0.25, 0.3) is 6.08 Å². The van der Waals surface area contributed by atoms with Crippen LogP contribution in [0.2, 0.25) is 0 Å². The van der Waals surface area contributed by atoms with Crippen molar-refractivity contribution in [2.24, 2.45) is 0 Å². The molecule has 0 unspecified atom stereocenters. The Labute approximate surface area is 122 Å². The van der Waals surface area contributed by atoms with E-state index in [9.17, 15) is 13.2 Å². The van der Waals surface area contributed by atoms with Crippen molar-refractivity contribution in [2.45, 2.75) is 6.61 Å². The standard InChI is InChI=1S/C15H10BrF3O/c16-12-8-14(11(6-13(12)17)7-15(18)19)20-9-10-4-2-1-3-5-10/h1-8H,9H2. The third kappa shape index (κ3) is 3.87. The summed E-state index contributed by atoms with van der Waals surface area (Å²) < 4.78 is 43.8. The predicted molar refractivity (Wildman–Crippen MR) is 75.1 cm³/mol. The molecule has 0 heterocycles. The molecule has 0 atom stereocenters. The molecule has 0 saturated heterocycles. The van der Waals surface area contributed by atoms with E-state index >= 15 is 0 Å². The van der Waals surface area contributed by atoms with Gasteiger partial charge in [-0.2, -0.15) is 8.78 Å². The summed E-state index contributed by atoms with van der Waals surface area (Å²) in [6, 6.07) is 11.6. The summed E-state index contributed by atoms with van der Waals surface area (Å²) in [5.41, 5.74) is 0.894. The van der Waals surface area contributed by atoms with Crippen molar-refractivity contribution >= 4 is 22.0 Å². The minimum atomic E-state index is -1.91. The topological polar surface area (TPSA) is 9.23 Å². The van der Waals surface area contributed by atoms with Crippen molar-refractivity contribution in [1.82, 2.24) is 0 Å². The average Bonchev–Trinajstić information content (AvgIpc) is 2.42. The van der Waals surface area contributed by atoms with Gasteiger partial charge in [0, 0.05) is 11.6 Å². The lowest BCUT2D eigenvalue weighted by Crippen LogP contribution is -1.98.